The Bertz CT molecular complexity index is 551. The molecule has 34 heavy (non-hydrogen) atoms. The van der Waals surface area contributed by atoms with Gasteiger partial charge in [-0.25, -0.2) is 0 Å². The van der Waals surface area contributed by atoms with E-state index in [-0.39, 0.29) is 24.8 Å². The Labute approximate surface area is 214 Å². The number of methoxy groups -OCH3 is 2. The van der Waals surface area contributed by atoms with Gasteiger partial charge in [0, 0.05) is 0 Å². The average molecular weight is 589 g/mol. The minimum atomic E-state index is -2.44. The SMILES string of the molecule is CCC[CH2][Sn](/[CH]=C/[C@H](C)[C@@H](OCOC)/C(=C/CCC[C@@H](C)O)C(=O)OC)([CH2]CCC)[CH2]CCC. The predicted octanol–water partition coefficient (Wildman–Crippen LogP) is 7.21. The maximum absolute atomic E-state index is 12.7. The van der Waals surface area contributed by atoms with Crippen LogP contribution in [-0.4, -0.2) is 62.7 Å². The van der Waals surface area contributed by atoms with E-state index in [1.807, 2.05) is 6.08 Å². The summed E-state index contributed by atoms with van der Waals surface area (Å²) in [6.07, 6.45) is 13.5. The van der Waals surface area contributed by atoms with Gasteiger partial charge in [0.25, 0.3) is 0 Å². The molecule has 0 saturated carbocycles. The van der Waals surface area contributed by atoms with Crippen molar-refractivity contribution < 1.29 is 24.1 Å². The van der Waals surface area contributed by atoms with E-state index in [2.05, 4.69) is 37.9 Å². The van der Waals surface area contributed by atoms with E-state index in [1.54, 1.807) is 14.0 Å². The molecule has 0 aliphatic carbocycles. The molecule has 0 heterocycles. The van der Waals surface area contributed by atoms with Crippen LogP contribution in [0.2, 0.25) is 13.3 Å². The minimum absolute atomic E-state index is 0.0400. The van der Waals surface area contributed by atoms with Crippen molar-refractivity contribution in [3.63, 3.8) is 0 Å². The zero-order chi connectivity index (χ0) is 25.8. The molecule has 0 aromatic carbocycles. The van der Waals surface area contributed by atoms with Crippen molar-refractivity contribution in [2.24, 2.45) is 5.92 Å². The molecule has 0 fully saturated rings. The van der Waals surface area contributed by atoms with Crippen LogP contribution in [0, 0.1) is 5.92 Å². The van der Waals surface area contributed by atoms with Crippen molar-refractivity contribution in [2.75, 3.05) is 21.0 Å². The number of aliphatic hydroxyl groups excluding tert-OH is 1. The van der Waals surface area contributed by atoms with Crippen molar-refractivity contribution in [3.05, 3.63) is 21.8 Å². The van der Waals surface area contributed by atoms with Crippen molar-refractivity contribution in [1.29, 1.82) is 0 Å². The average Bonchev–Trinajstić information content (AvgIpc) is 2.83. The number of unbranched alkanes of at least 4 members (excludes halogenated alkanes) is 4. The van der Waals surface area contributed by atoms with Gasteiger partial charge in [-0.2, -0.15) is 0 Å². The summed E-state index contributed by atoms with van der Waals surface area (Å²) in [5.74, 6) is -0.311. The summed E-state index contributed by atoms with van der Waals surface area (Å²) in [7, 11) is 3.02. The fourth-order valence-electron chi connectivity index (χ4n) is 4.44. The third-order valence-electron chi connectivity index (χ3n) is 6.60. The second-order valence-corrected chi connectivity index (χ2v) is 22.8. The topological polar surface area (TPSA) is 65.0 Å². The second-order valence-electron chi connectivity index (χ2n) is 9.82. The van der Waals surface area contributed by atoms with Gasteiger partial charge in [-0.3, -0.25) is 0 Å². The molecule has 0 aliphatic heterocycles. The van der Waals surface area contributed by atoms with Crippen LogP contribution in [0.4, 0.5) is 0 Å². The number of hydrogen-bond donors (Lipinski definition) is 1. The monoisotopic (exact) mass is 590 g/mol. The molecule has 200 valence electrons. The molecule has 6 heteroatoms. The molecule has 0 saturated heterocycles. The number of allylic oxidation sites excluding steroid dienone is 1. The number of carbonyl (C=O) groups excluding carboxylic acids is 1. The fourth-order valence-corrected chi connectivity index (χ4v) is 19.1. The second kappa shape index (κ2) is 20.8. The van der Waals surface area contributed by atoms with E-state index >= 15 is 0 Å². The van der Waals surface area contributed by atoms with Gasteiger partial charge in [-0.05, 0) is 0 Å². The van der Waals surface area contributed by atoms with Gasteiger partial charge < -0.3 is 0 Å². The van der Waals surface area contributed by atoms with E-state index < -0.39 is 24.5 Å². The van der Waals surface area contributed by atoms with Crippen molar-refractivity contribution >= 4 is 24.3 Å². The van der Waals surface area contributed by atoms with E-state index in [4.69, 9.17) is 14.2 Å². The summed E-state index contributed by atoms with van der Waals surface area (Å²) in [6, 6.07) is 0. The number of rotatable bonds is 21. The van der Waals surface area contributed by atoms with Gasteiger partial charge in [0.15, 0.2) is 0 Å². The molecule has 1 N–H and O–H groups in total. The summed E-state index contributed by atoms with van der Waals surface area (Å²) >= 11 is -2.44. The number of carbonyl (C=O) groups is 1. The quantitative estimate of drug-likeness (QED) is 0.0504. The Kier molecular flexibility index (Phi) is 20.6. The molecule has 0 aliphatic rings. The maximum atomic E-state index is 12.7. The van der Waals surface area contributed by atoms with Crippen LogP contribution in [0.5, 0.6) is 0 Å². The first-order chi connectivity index (χ1) is 16.3. The van der Waals surface area contributed by atoms with Crippen LogP contribution >= 0.6 is 0 Å². The van der Waals surface area contributed by atoms with Crippen LogP contribution in [-0.2, 0) is 19.0 Å². The standard InChI is InChI=1S/C16H27O5.3C4H9.Sn/c1-6-12(2)15(21-11-19-4)14(16(18)20-5)10-8-7-9-13(3)17;3*1-3-4-2;/h1,6,10,12-13,15,17H,7-9,11H2,2-5H3;3*1,3-4H2,2H3;/b6-1?,14-10-;;;;/t12-,13+,15+;;;;/m0..../s1. The first kappa shape index (κ1) is 33.6. The third-order valence-corrected chi connectivity index (χ3v) is 20.7. The van der Waals surface area contributed by atoms with Gasteiger partial charge in [0.1, 0.15) is 0 Å². The number of hydrogen-bond acceptors (Lipinski definition) is 5. The van der Waals surface area contributed by atoms with Gasteiger partial charge in [0.2, 0.25) is 0 Å². The van der Waals surface area contributed by atoms with Gasteiger partial charge in [-0.15, -0.1) is 0 Å². The van der Waals surface area contributed by atoms with E-state index in [1.165, 1.54) is 58.9 Å². The number of ether oxygens (including phenoxy) is 3. The Balaban J connectivity index is 5.92. The molecule has 0 bridgehead atoms. The van der Waals surface area contributed by atoms with Crippen LogP contribution in [0.25, 0.3) is 0 Å². The van der Waals surface area contributed by atoms with E-state index in [9.17, 15) is 9.90 Å². The zero-order valence-corrected chi connectivity index (χ0v) is 26.1. The van der Waals surface area contributed by atoms with Gasteiger partial charge in [-0.1, -0.05) is 0 Å². The molecule has 3 atom stereocenters. The Morgan fingerprint density at radius 2 is 1.50 bits per heavy atom. The molecule has 0 aromatic rings. The molecular formula is C28H54O5Sn. The zero-order valence-electron chi connectivity index (χ0n) is 23.2. The molecule has 0 radical (unpaired) electrons. The third kappa shape index (κ3) is 14.3. The number of esters is 1. The van der Waals surface area contributed by atoms with Gasteiger partial charge >= 0.3 is 215 Å². The van der Waals surface area contributed by atoms with Crippen LogP contribution in [0.1, 0.15) is 92.4 Å². The molecule has 5 nitrogen and oxygen atoms in total. The van der Waals surface area contributed by atoms with E-state index in [0.717, 1.165) is 6.42 Å². The predicted molar refractivity (Wildman–Crippen MR) is 146 cm³/mol. The summed E-state index contributed by atoms with van der Waals surface area (Å²) in [5.41, 5.74) is 0.554. The number of aliphatic hydroxyl groups is 1. The van der Waals surface area contributed by atoms with Crippen molar-refractivity contribution in [3.8, 4) is 0 Å². The normalized spacial score (nSPS) is 15.5. The van der Waals surface area contributed by atoms with Crippen molar-refractivity contribution in [1.82, 2.24) is 0 Å². The Hall–Kier alpha value is -0.371. The first-order valence-corrected chi connectivity index (χ1v) is 21.3. The molecule has 0 spiro atoms. The molecule has 0 rings (SSSR count). The Morgan fingerprint density at radius 1 is 0.941 bits per heavy atom. The van der Waals surface area contributed by atoms with Crippen LogP contribution in [0.15, 0.2) is 21.8 Å². The summed E-state index contributed by atoms with van der Waals surface area (Å²) in [5, 5.41) is 9.56. The molecule has 0 unspecified atom stereocenters. The van der Waals surface area contributed by atoms with E-state index in [0.29, 0.717) is 18.4 Å². The van der Waals surface area contributed by atoms with Crippen LogP contribution in [0.3, 0.4) is 0 Å². The van der Waals surface area contributed by atoms with Crippen LogP contribution < -0.4 is 0 Å². The van der Waals surface area contributed by atoms with Gasteiger partial charge in [0.05, 0.1) is 0 Å². The molecule has 0 amide bonds. The Morgan fingerprint density at radius 3 is 1.94 bits per heavy atom. The summed E-state index contributed by atoms with van der Waals surface area (Å²) in [6.45, 7) is 10.9. The first-order valence-electron chi connectivity index (χ1n) is 13.6. The molecular weight excluding hydrogens is 535 g/mol. The fraction of sp³-hybridized carbons (Fsp3) is 0.821. The summed E-state index contributed by atoms with van der Waals surface area (Å²) in [4.78, 5) is 12.7. The molecule has 0 aromatic heterocycles. The van der Waals surface area contributed by atoms with Crippen molar-refractivity contribution in [2.45, 2.75) is 118 Å². The summed E-state index contributed by atoms with van der Waals surface area (Å²) < 4.78 is 23.3.